The van der Waals surface area contributed by atoms with Gasteiger partial charge in [-0.05, 0) is 108 Å². The molecule has 0 bridgehead atoms. The maximum Gasteiger partial charge on any atom is 0.410 e. The van der Waals surface area contributed by atoms with Gasteiger partial charge in [-0.25, -0.2) is 4.79 Å². The van der Waals surface area contributed by atoms with Gasteiger partial charge in [-0.3, -0.25) is 9.59 Å². The summed E-state index contributed by atoms with van der Waals surface area (Å²) in [6.07, 6.45) is 6.73. The lowest BCUT2D eigenvalue weighted by Gasteiger charge is -2.35. The molecule has 49 heavy (non-hydrogen) atoms. The Hall–Kier alpha value is -3.58. The third kappa shape index (κ3) is 8.78. The zero-order valence-corrected chi connectivity index (χ0v) is 30.8. The Balaban J connectivity index is 1.21. The molecule has 3 N–H and O–H groups in total. The number of amides is 3. The zero-order valence-electron chi connectivity index (χ0n) is 29.2. The number of likely N-dealkylation sites (tertiary alicyclic amines) is 1. The summed E-state index contributed by atoms with van der Waals surface area (Å²) in [7, 11) is 3.26. The van der Waals surface area contributed by atoms with E-state index in [4.69, 9.17) is 26.4 Å². The standard InChI is InChI=1S/C36H49N5O6S2/c1-36(2,3)47-35(44)40-15-14-25(20-40)41(19-23-10-12-26(45-4)17-28(23)46-5)34(48)38-24-11-13-29-27(16-24)30(32(43)37-18-21-6-7-21)33(49-29)39-31(42)22-8-9-22/h10,12,17,21-22,24-25H,6-9,11,13-16,18-20H2,1-5H3,(H,37,43)(H,38,48)(H,39,42)/t24-,25-/m0/s1. The number of nitrogens with one attached hydrogen (secondary N) is 3. The van der Waals surface area contributed by atoms with Crippen molar-refractivity contribution in [3.63, 3.8) is 0 Å². The number of hydrogen-bond donors (Lipinski definition) is 3. The maximum absolute atomic E-state index is 13.6. The van der Waals surface area contributed by atoms with Gasteiger partial charge in [0.05, 0.1) is 25.8 Å². The molecular weight excluding hydrogens is 663 g/mol. The van der Waals surface area contributed by atoms with Crippen LogP contribution in [0, 0.1) is 11.8 Å². The van der Waals surface area contributed by atoms with Crippen LogP contribution in [0.3, 0.4) is 0 Å². The average Bonchev–Trinajstić information content (AvgIpc) is 4.00. The van der Waals surface area contributed by atoms with E-state index < -0.39 is 5.60 Å². The van der Waals surface area contributed by atoms with Gasteiger partial charge in [-0.1, -0.05) is 0 Å². The van der Waals surface area contributed by atoms with E-state index >= 15 is 0 Å². The Labute approximate surface area is 298 Å². The van der Waals surface area contributed by atoms with Gasteiger partial charge in [0, 0.05) is 54.6 Å². The second-order valence-electron chi connectivity index (χ2n) is 14.7. The molecule has 11 nitrogen and oxygen atoms in total. The fourth-order valence-corrected chi connectivity index (χ4v) is 8.15. The smallest absolute Gasteiger partial charge is 0.410 e. The second-order valence-corrected chi connectivity index (χ2v) is 16.2. The molecule has 2 heterocycles. The van der Waals surface area contributed by atoms with Crippen molar-refractivity contribution in [3.05, 3.63) is 39.8 Å². The largest absolute Gasteiger partial charge is 0.497 e. The number of thiocarbonyl (C=S) groups is 1. The highest BCUT2D eigenvalue weighted by Gasteiger charge is 2.37. The molecule has 0 spiro atoms. The lowest BCUT2D eigenvalue weighted by Crippen LogP contribution is -2.51. The predicted molar refractivity (Wildman–Crippen MR) is 194 cm³/mol. The first-order valence-corrected chi connectivity index (χ1v) is 18.6. The molecule has 1 aromatic heterocycles. The SMILES string of the molecule is COc1ccc(CN(C(=S)N[C@H]2CCc3sc(NC(=O)C4CC4)c(C(=O)NCC4CC4)c3C2)[C@H]2CCN(C(=O)OC(C)(C)C)C2)c(OC)c1. The van der Waals surface area contributed by atoms with Crippen molar-refractivity contribution < 1.29 is 28.6 Å². The van der Waals surface area contributed by atoms with Crippen LogP contribution in [0.2, 0.25) is 0 Å². The van der Waals surface area contributed by atoms with E-state index in [1.807, 2.05) is 39.0 Å². The molecule has 3 aliphatic carbocycles. The van der Waals surface area contributed by atoms with Crippen molar-refractivity contribution in [2.75, 3.05) is 39.2 Å². The number of carbonyl (C=O) groups is 3. The summed E-state index contributed by atoms with van der Waals surface area (Å²) in [5.74, 6) is 1.88. The van der Waals surface area contributed by atoms with Gasteiger partial charge < -0.3 is 40.0 Å². The van der Waals surface area contributed by atoms with Crippen LogP contribution in [0.1, 0.15) is 85.7 Å². The number of benzene rings is 1. The van der Waals surface area contributed by atoms with Crippen molar-refractivity contribution in [3.8, 4) is 11.5 Å². The van der Waals surface area contributed by atoms with Crippen LogP contribution in [0.5, 0.6) is 11.5 Å². The summed E-state index contributed by atoms with van der Waals surface area (Å²) in [5.41, 5.74) is 1.96. The van der Waals surface area contributed by atoms with Gasteiger partial charge in [0.25, 0.3) is 5.91 Å². The molecule has 13 heteroatoms. The number of hydrogen-bond acceptors (Lipinski definition) is 8. The van der Waals surface area contributed by atoms with Crippen molar-refractivity contribution in [1.29, 1.82) is 0 Å². The lowest BCUT2D eigenvalue weighted by atomic mass is 9.91. The topological polar surface area (TPSA) is 121 Å². The predicted octanol–water partition coefficient (Wildman–Crippen LogP) is 5.50. The molecule has 4 aliphatic rings. The molecule has 1 aromatic carbocycles. The highest BCUT2D eigenvalue weighted by atomic mass is 32.1. The molecule has 1 aliphatic heterocycles. The van der Waals surface area contributed by atoms with Crippen molar-refractivity contribution in [2.45, 2.75) is 96.4 Å². The number of anilines is 1. The summed E-state index contributed by atoms with van der Waals surface area (Å²) in [6.45, 7) is 7.78. The van der Waals surface area contributed by atoms with Crippen LogP contribution in [0.15, 0.2) is 18.2 Å². The van der Waals surface area contributed by atoms with Crippen LogP contribution < -0.4 is 25.4 Å². The molecule has 2 aromatic rings. The molecule has 2 atom stereocenters. The number of aryl methyl sites for hydroxylation is 1. The monoisotopic (exact) mass is 711 g/mol. The summed E-state index contributed by atoms with van der Waals surface area (Å²) < 4.78 is 16.8. The van der Waals surface area contributed by atoms with Crippen LogP contribution in [-0.2, 0) is 28.9 Å². The Morgan fingerprint density at radius 2 is 1.84 bits per heavy atom. The summed E-state index contributed by atoms with van der Waals surface area (Å²) in [6, 6.07) is 5.69. The number of thiophene rings is 1. The summed E-state index contributed by atoms with van der Waals surface area (Å²) >= 11 is 7.69. The van der Waals surface area contributed by atoms with E-state index in [-0.39, 0.29) is 35.9 Å². The van der Waals surface area contributed by atoms with Gasteiger partial charge in [0.1, 0.15) is 22.1 Å². The highest BCUT2D eigenvalue weighted by molar-refractivity contribution is 7.80. The number of ether oxygens (including phenoxy) is 3. The van der Waals surface area contributed by atoms with Gasteiger partial charge in [-0.2, -0.15) is 0 Å². The first-order valence-electron chi connectivity index (χ1n) is 17.4. The van der Waals surface area contributed by atoms with Crippen LogP contribution in [0.25, 0.3) is 0 Å². The molecule has 6 rings (SSSR count). The molecule has 3 fully saturated rings. The third-order valence-electron chi connectivity index (χ3n) is 9.60. The maximum atomic E-state index is 13.6. The van der Waals surface area contributed by atoms with Crippen LogP contribution in [-0.4, -0.2) is 84.4 Å². The van der Waals surface area contributed by atoms with Crippen LogP contribution >= 0.6 is 23.6 Å². The molecule has 3 amide bonds. The lowest BCUT2D eigenvalue weighted by molar-refractivity contribution is -0.117. The van der Waals surface area contributed by atoms with Gasteiger partial charge in [0.15, 0.2) is 5.11 Å². The Morgan fingerprint density at radius 1 is 1.06 bits per heavy atom. The molecule has 1 saturated heterocycles. The average molecular weight is 712 g/mol. The Kier molecular flexibility index (Phi) is 10.6. The van der Waals surface area contributed by atoms with Crippen molar-refractivity contribution >= 4 is 51.6 Å². The molecule has 0 unspecified atom stereocenters. The van der Waals surface area contributed by atoms with E-state index in [2.05, 4.69) is 20.9 Å². The van der Waals surface area contributed by atoms with E-state index in [1.165, 1.54) is 11.3 Å². The number of nitrogens with zero attached hydrogens (tertiary/aromatic N) is 2. The van der Waals surface area contributed by atoms with E-state index in [0.717, 1.165) is 60.9 Å². The molecule has 0 radical (unpaired) electrons. The van der Waals surface area contributed by atoms with Crippen LogP contribution in [0.4, 0.5) is 9.80 Å². The first kappa shape index (κ1) is 35.3. The quantitative estimate of drug-likeness (QED) is 0.260. The van der Waals surface area contributed by atoms with E-state index in [0.29, 0.717) is 65.7 Å². The minimum Gasteiger partial charge on any atom is -0.497 e. The molecule has 266 valence electrons. The molecular formula is C36H49N5O6S2. The summed E-state index contributed by atoms with van der Waals surface area (Å²) in [5, 5.41) is 11.1. The van der Waals surface area contributed by atoms with Crippen molar-refractivity contribution in [1.82, 2.24) is 20.4 Å². The normalized spacial score (nSPS) is 20.2. The van der Waals surface area contributed by atoms with Gasteiger partial charge >= 0.3 is 6.09 Å². The van der Waals surface area contributed by atoms with E-state index in [9.17, 15) is 14.4 Å². The third-order valence-corrected chi connectivity index (χ3v) is 11.2. The zero-order chi connectivity index (χ0) is 34.9. The summed E-state index contributed by atoms with van der Waals surface area (Å²) in [4.78, 5) is 44.5. The number of carbonyl (C=O) groups excluding carboxylic acids is 3. The van der Waals surface area contributed by atoms with E-state index in [1.54, 1.807) is 19.1 Å². The molecule has 2 saturated carbocycles. The minimum atomic E-state index is -0.585. The van der Waals surface area contributed by atoms with Crippen molar-refractivity contribution in [2.24, 2.45) is 11.8 Å². The minimum absolute atomic E-state index is 0.00674. The Morgan fingerprint density at radius 3 is 2.51 bits per heavy atom. The second kappa shape index (κ2) is 14.7. The fourth-order valence-electron chi connectivity index (χ4n) is 6.52. The number of methoxy groups -OCH3 is 2. The fraction of sp³-hybridized carbons (Fsp3) is 0.611. The van der Waals surface area contributed by atoms with Gasteiger partial charge in [0.2, 0.25) is 5.91 Å². The van der Waals surface area contributed by atoms with Gasteiger partial charge in [-0.15, -0.1) is 11.3 Å². The first-order chi connectivity index (χ1) is 23.4. The number of rotatable bonds is 11. The highest BCUT2D eigenvalue weighted by Crippen LogP contribution is 2.40. The Bertz CT molecular complexity index is 1580. The number of fused-ring (bicyclic) bond motifs is 1.